The Morgan fingerprint density at radius 3 is 2.54 bits per heavy atom. The molecule has 2 unspecified atom stereocenters. The van der Waals surface area contributed by atoms with E-state index < -0.39 is 30.4 Å². The summed E-state index contributed by atoms with van der Waals surface area (Å²) in [6, 6.07) is 7.48. The Hall–Kier alpha value is -3.14. The fourth-order valence-electron chi connectivity index (χ4n) is 2.40. The zero-order valence-corrected chi connectivity index (χ0v) is 15.0. The minimum Gasteiger partial charge on any atom is -0.398 e. The molecule has 0 saturated heterocycles. The van der Waals surface area contributed by atoms with Crippen LogP contribution in [0.3, 0.4) is 0 Å². The van der Waals surface area contributed by atoms with E-state index in [4.69, 9.17) is 16.9 Å². The molecule has 7 nitrogen and oxygen atoms in total. The van der Waals surface area contributed by atoms with Crippen LogP contribution in [-0.4, -0.2) is 35.4 Å². The number of hydrogen-bond acceptors (Lipinski definition) is 5. The molecule has 28 heavy (non-hydrogen) atoms. The first-order valence-electron chi connectivity index (χ1n) is 8.32. The molecule has 150 valence electrons. The van der Waals surface area contributed by atoms with Crippen molar-refractivity contribution in [1.29, 1.82) is 5.41 Å². The van der Waals surface area contributed by atoms with Crippen LogP contribution in [0.4, 0.5) is 29.5 Å². The molecule has 10 heteroatoms. The normalized spacial score (nSPS) is 13.5. The molecule has 0 spiro atoms. The SMILES string of the molecule is CC(NC(=O)Nc1cc(N)c(C(=N)C(N)C(F)(F)CF)cn1)c1ccccc1. The van der Waals surface area contributed by atoms with E-state index in [1.54, 1.807) is 6.92 Å². The Kier molecular flexibility index (Phi) is 6.57. The van der Waals surface area contributed by atoms with Gasteiger partial charge in [0.25, 0.3) is 5.92 Å². The number of alkyl halides is 3. The van der Waals surface area contributed by atoms with Crippen LogP contribution in [0.5, 0.6) is 0 Å². The number of aromatic nitrogens is 1. The third-order valence-corrected chi connectivity index (χ3v) is 4.06. The van der Waals surface area contributed by atoms with Crippen LogP contribution in [0.15, 0.2) is 42.6 Å². The quantitative estimate of drug-likeness (QED) is 0.462. The second kappa shape index (κ2) is 8.70. The molecule has 2 amide bonds. The minimum atomic E-state index is -3.89. The number of nitrogens with two attached hydrogens (primary N) is 2. The molecule has 1 aromatic carbocycles. The highest BCUT2D eigenvalue weighted by Gasteiger charge is 2.40. The van der Waals surface area contributed by atoms with Crippen LogP contribution in [0.1, 0.15) is 24.1 Å². The monoisotopic (exact) mass is 394 g/mol. The molecule has 7 N–H and O–H groups in total. The number of nitrogens with zero attached hydrogens (tertiary/aromatic N) is 1. The second-order valence-corrected chi connectivity index (χ2v) is 6.17. The number of pyridine rings is 1. The first kappa shape index (κ1) is 21.2. The number of hydrogen-bond donors (Lipinski definition) is 5. The molecule has 2 rings (SSSR count). The third kappa shape index (κ3) is 4.97. The lowest BCUT2D eigenvalue weighted by Gasteiger charge is -2.22. The van der Waals surface area contributed by atoms with Crippen molar-refractivity contribution in [1.82, 2.24) is 10.3 Å². The third-order valence-electron chi connectivity index (χ3n) is 4.06. The fourth-order valence-corrected chi connectivity index (χ4v) is 2.40. The van der Waals surface area contributed by atoms with Crippen LogP contribution in [-0.2, 0) is 0 Å². The van der Waals surface area contributed by atoms with Gasteiger partial charge in [-0.1, -0.05) is 30.3 Å². The number of amides is 2. The molecule has 0 radical (unpaired) electrons. The molecule has 0 aliphatic carbocycles. The maximum atomic E-state index is 13.4. The van der Waals surface area contributed by atoms with Gasteiger partial charge in [-0.3, -0.25) is 5.32 Å². The van der Waals surface area contributed by atoms with E-state index >= 15 is 0 Å². The van der Waals surface area contributed by atoms with Crippen LogP contribution in [0, 0.1) is 5.41 Å². The smallest absolute Gasteiger partial charge is 0.320 e. The zero-order chi connectivity index (χ0) is 20.9. The predicted molar refractivity (Wildman–Crippen MR) is 101 cm³/mol. The Balaban J connectivity index is 2.06. The summed E-state index contributed by atoms with van der Waals surface area (Å²) in [4.78, 5) is 16.0. The fraction of sp³-hybridized carbons (Fsp3) is 0.278. The van der Waals surface area contributed by atoms with Crippen molar-refractivity contribution >= 4 is 23.2 Å². The topological polar surface area (TPSA) is 130 Å². The molecule has 0 saturated carbocycles. The Bertz CT molecular complexity index is 846. The van der Waals surface area contributed by atoms with Crippen molar-refractivity contribution in [3.8, 4) is 0 Å². The summed E-state index contributed by atoms with van der Waals surface area (Å²) >= 11 is 0. The number of urea groups is 1. The van der Waals surface area contributed by atoms with E-state index in [1.807, 2.05) is 30.3 Å². The molecule has 0 bridgehead atoms. The summed E-state index contributed by atoms with van der Waals surface area (Å²) in [6.45, 7) is -0.198. The Morgan fingerprint density at radius 2 is 1.96 bits per heavy atom. The van der Waals surface area contributed by atoms with Crippen molar-refractivity contribution in [3.63, 3.8) is 0 Å². The van der Waals surface area contributed by atoms with Gasteiger partial charge < -0.3 is 22.2 Å². The minimum absolute atomic E-state index is 0.0534. The molecule has 2 atom stereocenters. The molecule has 0 fully saturated rings. The number of carbonyl (C=O) groups is 1. The van der Waals surface area contributed by atoms with Gasteiger partial charge in [0.1, 0.15) is 11.9 Å². The highest BCUT2D eigenvalue weighted by atomic mass is 19.3. The van der Waals surface area contributed by atoms with Gasteiger partial charge in [0.2, 0.25) is 0 Å². The Morgan fingerprint density at radius 1 is 1.32 bits per heavy atom. The lowest BCUT2D eigenvalue weighted by molar-refractivity contribution is -0.0281. The summed E-state index contributed by atoms with van der Waals surface area (Å²) in [6.07, 6.45) is 1.03. The van der Waals surface area contributed by atoms with Crippen LogP contribution in [0.25, 0.3) is 0 Å². The van der Waals surface area contributed by atoms with E-state index in [1.165, 1.54) is 6.07 Å². The van der Waals surface area contributed by atoms with Crippen molar-refractivity contribution in [2.45, 2.75) is 24.9 Å². The number of benzene rings is 1. The average molecular weight is 394 g/mol. The predicted octanol–water partition coefficient (Wildman–Crippen LogP) is 2.85. The number of anilines is 2. The van der Waals surface area contributed by atoms with Gasteiger partial charge in [-0.2, -0.15) is 0 Å². The van der Waals surface area contributed by atoms with Gasteiger partial charge in [-0.15, -0.1) is 0 Å². The van der Waals surface area contributed by atoms with Gasteiger partial charge in [0, 0.05) is 23.5 Å². The standard InChI is InChI=1S/C18H21F3N6O/c1-10(11-5-3-2-4-6-11)26-17(28)27-14-7-13(22)12(8-25-14)15(23)16(24)18(20,21)9-19/h2-8,10,16,23H,9,24H2,1H3,(H4,22,25,26,27,28). The van der Waals surface area contributed by atoms with Crippen LogP contribution in [0.2, 0.25) is 0 Å². The number of nitrogen functional groups attached to an aromatic ring is 1. The molecule has 0 aliphatic rings. The van der Waals surface area contributed by atoms with Gasteiger partial charge in [0.05, 0.1) is 11.8 Å². The van der Waals surface area contributed by atoms with Gasteiger partial charge in [-0.25, -0.2) is 22.9 Å². The lowest BCUT2D eigenvalue weighted by Crippen LogP contribution is -2.48. The molecule has 2 aromatic rings. The summed E-state index contributed by atoms with van der Waals surface area (Å²) in [5.74, 6) is -3.84. The largest absolute Gasteiger partial charge is 0.398 e. The van der Waals surface area contributed by atoms with Crippen molar-refractivity contribution < 1.29 is 18.0 Å². The first-order valence-corrected chi connectivity index (χ1v) is 8.32. The molecular weight excluding hydrogens is 373 g/mol. The number of rotatable bonds is 7. The Labute approximate surface area is 159 Å². The van der Waals surface area contributed by atoms with Gasteiger partial charge in [-0.05, 0) is 12.5 Å². The maximum Gasteiger partial charge on any atom is 0.320 e. The summed E-state index contributed by atoms with van der Waals surface area (Å²) < 4.78 is 39.1. The average Bonchev–Trinajstić information content (AvgIpc) is 2.67. The van der Waals surface area contributed by atoms with E-state index in [-0.39, 0.29) is 23.1 Å². The van der Waals surface area contributed by atoms with Crippen molar-refractivity contribution in [2.24, 2.45) is 5.73 Å². The molecule has 0 aliphatic heterocycles. The van der Waals surface area contributed by atoms with Crippen LogP contribution < -0.4 is 22.1 Å². The second-order valence-electron chi connectivity index (χ2n) is 6.17. The van der Waals surface area contributed by atoms with Crippen molar-refractivity contribution in [2.75, 3.05) is 17.7 Å². The number of carbonyl (C=O) groups excluding carboxylic acids is 1. The zero-order valence-electron chi connectivity index (χ0n) is 15.0. The van der Waals surface area contributed by atoms with E-state index in [0.29, 0.717) is 0 Å². The highest BCUT2D eigenvalue weighted by molar-refractivity contribution is 6.06. The number of halogens is 3. The molecule has 1 heterocycles. The van der Waals surface area contributed by atoms with Gasteiger partial charge >= 0.3 is 6.03 Å². The summed E-state index contributed by atoms with van der Waals surface area (Å²) in [5, 5.41) is 12.9. The number of nitrogens with one attached hydrogen (secondary N) is 3. The van der Waals surface area contributed by atoms with E-state index in [0.717, 1.165) is 11.8 Å². The molecule has 1 aromatic heterocycles. The van der Waals surface area contributed by atoms with E-state index in [9.17, 15) is 18.0 Å². The van der Waals surface area contributed by atoms with Crippen molar-refractivity contribution in [3.05, 3.63) is 53.7 Å². The van der Waals surface area contributed by atoms with Gasteiger partial charge in [0.15, 0.2) is 6.67 Å². The van der Waals surface area contributed by atoms with E-state index in [2.05, 4.69) is 15.6 Å². The summed E-state index contributed by atoms with van der Waals surface area (Å²) in [7, 11) is 0. The maximum absolute atomic E-state index is 13.4. The highest BCUT2D eigenvalue weighted by Crippen LogP contribution is 2.24. The van der Waals surface area contributed by atoms with Crippen LogP contribution >= 0.6 is 0 Å². The lowest BCUT2D eigenvalue weighted by atomic mass is 9.99. The molecular formula is C18H21F3N6O. The first-order chi connectivity index (χ1) is 13.2. The summed E-state index contributed by atoms with van der Waals surface area (Å²) in [5.41, 5.74) is 10.9.